The number of aliphatic hydroxyl groups is 1. The van der Waals surface area contributed by atoms with Gasteiger partial charge in [0, 0.05) is 0 Å². The van der Waals surface area contributed by atoms with Crippen molar-refractivity contribution < 1.29 is 13.5 Å². The van der Waals surface area contributed by atoms with Crippen molar-refractivity contribution in [1.82, 2.24) is 9.78 Å². The normalized spacial score (nSPS) is 26.2. The second-order valence-corrected chi connectivity index (χ2v) is 5.68. The van der Waals surface area contributed by atoms with Gasteiger partial charge in [0.05, 0.1) is 24.0 Å². The highest BCUT2D eigenvalue weighted by Gasteiger charge is 2.30. The summed E-state index contributed by atoms with van der Waals surface area (Å²) in [6, 6.07) is -0.129. The average molecular weight is 245 g/mol. The summed E-state index contributed by atoms with van der Waals surface area (Å²) in [7, 11) is -3.72. The fourth-order valence-corrected chi connectivity index (χ4v) is 2.93. The third kappa shape index (κ3) is 1.85. The molecule has 1 aromatic rings. The Morgan fingerprint density at radius 3 is 2.69 bits per heavy atom. The second kappa shape index (κ2) is 3.83. The molecule has 2 unspecified atom stereocenters. The van der Waals surface area contributed by atoms with Crippen LogP contribution in [0.4, 0.5) is 0 Å². The first-order chi connectivity index (χ1) is 7.41. The number of nitrogens with two attached hydrogens (primary N) is 1. The number of hydrogen-bond acceptors (Lipinski definition) is 4. The summed E-state index contributed by atoms with van der Waals surface area (Å²) in [6.45, 7) is 1.65. The van der Waals surface area contributed by atoms with Crippen molar-refractivity contribution in [1.29, 1.82) is 0 Å². The lowest BCUT2D eigenvalue weighted by Crippen LogP contribution is -2.21. The van der Waals surface area contributed by atoms with Crippen LogP contribution in [0.5, 0.6) is 0 Å². The number of aliphatic hydroxyl groups excluding tert-OH is 1. The molecule has 1 aromatic heterocycles. The van der Waals surface area contributed by atoms with Gasteiger partial charge in [-0.15, -0.1) is 0 Å². The summed E-state index contributed by atoms with van der Waals surface area (Å²) >= 11 is 0. The summed E-state index contributed by atoms with van der Waals surface area (Å²) in [5.74, 6) is 0. The summed E-state index contributed by atoms with van der Waals surface area (Å²) in [5, 5.41) is 18.8. The Hall–Kier alpha value is -0.920. The highest BCUT2D eigenvalue weighted by atomic mass is 32.2. The lowest BCUT2D eigenvalue weighted by molar-refractivity contribution is 0.129. The van der Waals surface area contributed by atoms with Crippen molar-refractivity contribution in [2.24, 2.45) is 5.14 Å². The first kappa shape index (κ1) is 11.6. The van der Waals surface area contributed by atoms with Gasteiger partial charge in [0.25, 0.3) is 0 Å². The van der Waals surface area contributed by atoms with E-state index in [2.05, 4.69) is 5.10 Å². The fraction of sp³-hybridized carbons (Fsp3) is 0.667. The third-order valence-electron chi connectivity index (χ3n) is 3.06. The number of rotatable bonds is 2. The van der Waals surface area contributed by atoms with Crippen LogP contribution in [0, 0.1) is 6.92 Å². The first-order valence-corrected chi connectivity index (χ1v) is 6.71. The standard InChI is InChI=1S/C9H15N3O3S/c1-6-9(16(10,14)15)5-11-12(6)7-3-2-4-8(7)13/h5,7-8,13H,2-4H2,1H3,(H2,10,14,15). The van der Waals surface area contributed by atoms with E-state index in [1.54, 1.807) is 11.6 Å². The van der Waals surface area contributed by atoms with Gasteiger partial charge >= 0.3 is 0 Å². The molecule has 1 aliphatic carbocycles. The molecule has 0 aliphatic heterocycles. The highest BCUT2D eigenvalue weighted by molar-refractivity contribution is 7.89. The van der Waals surface area contributed by atoms with E-state index in [0.717, 1.165) is 19.3 Å². The van der Waals surface area contributed by atoms with E-state index < -0.39 is 16.1 Å². The van der Waals surface area contributed by atoms with Crippen LogP contribution in [0.25, 0.3) is 0 Å². The Morgan fingerprint density at radius 1 is 1.56 bits per heavy atom. The SMILES string of the molecule is Cc1c(S(N)(=O)=O)cnn1C1CCCC1O. The lowest BCUT2D eigenvalue weighted by atomic mass is 10.2. The smallest absolute Gasteiger partial charge is 0.241 e. The zero-order valence-electron chi connectivity index (χ0n) is 9.00. The topological polar surface area (TPSA) is 98.2 Å². The van der Waals surface area contributed by atoms with E-state index >= 15 is 0 Å². The molecule has 1 aliphatic rings. The highest BCUT2D eigenvalue weighted by Crippen LogP contribution is 2.31. The van der Waals surface area contributed by atoms with Gasteiger partial charge in [0.1, 0.15) is 4.90 Å². The summed E-state index contributed by atoms with van der Waals surface area (Å²) in [6.07, 6.45) is 3.26. The number of aromatic nitrogens is 2. The van der Waals surface area contributed by atoms with Crippen LogP contribution in [0.1, 0.15) is 31.0 Å². The zero-order chi connectivity index (χ0) is 11.9. The van der Waals surface area contributed by atoms with Crippen LogP contribution in [0.2, 0.25) is 0 Å². The van der Waals surface area contributed by atoms with Crippen LogP contribution < -0.4 is 5.14 Å². The van der Waals surface area contributed by atoms with E-state index in [1.807, 2.05) is 0 Å². The maximum atomic E-state index is 11.2. The molecule has 6 nitrogen and oxygen atoms in total. The van der Waals surface area contributed by atoms with Crippen molar-refractivity contribution in [3.8, 4) is 0 Å². The minimum Gasteiger partial charge on any atom is -0.391 e. The van der Waals surface area contributed by atoms with E-state index in [4.69, 9.17) is 5.14 Å². The van der Waals surface area contributed by atoms with Crippen molar-refractivity contribution in [2.45, 2.75) is 43.2 Å². The Morgan fingerprint density at radius 2 is 2.25 bits per heavy atom. The van der Waals surface area contributed by atoms with E-state index in [-0.39, 0.29) is 10.9 Å². The van der Waals surface area contributed by atoms with Gasteiger partial charge < -0.3 is 5.11 Å². The average Bonchev–Trinajstić information content (AvgIpc) is 2.70. The molecule has 2 atom stereocenters. The molecule has 16 heavy (non-hydrogen) atoms. The quantitative estimate of drug-likeness (QED) is 0.761. The molecule has 1 saturated carbocycles. The van der Waals surface area contributed by atoms with Gasteiger partial charge in [-0.05, 0) is 26.2 Å². The Labute approximate surface area is 94.1 Å². The minimum absolute atomic E-state index is 0.0339. The predicted octanol–water partition coefficient (Wildman–Crippen LogP) is -0.0752. The first-order valence-electron chi connectivity index (χ1n) is 5.16. The van der Waals surface area contributed by atoms with Crippen molar-refractivity contribution in [2.75, 3.05) is 0 Å². The second-order valence-electron chi connectivity index (χ2n) is 4.15. The van der Waals surface area contributed by atoms with Crippen LogP contribution in [0.3, 0.4) is 0 Å². The summed E-state index contributed by atoms with van der Waals surface area (Å²) < 4.78 is 24.0. The van der Waals surface area contributed by atoms with Crippen LogP contribution >= 0.6 is 0 Å². The predicted molar refractivity (Wildman–Crippen MR) is 57.2 cm³/mol. The van der Waals surface area contributed by atoms with Crippen LogP contribution in [-0.4, -0.2) is 29.4 Å². The molecule has 0 radical (unpaired) electrons. The molecule has 0 spiro atoms. The van der Waals surface area contributed by atoms with E-state index in [0.29, 0.717) is 5.69 Å². The Bertz CT molecular complexity index is 494. The van der Waals surface area contributed by atoms with Gasteiger partial charge in [-0.3, -0.25) is 4.68 Å². The molecule has 1 fully saturated rings. The molecule has 90 valence electrons. The number of sulfonamides is 1. The largest absolute Gasteiger partial charge is 0.391 e. The summed E-state index contributed by atoms with van der Waals surface area (Å²) in [4.78, 5) is 0.0339. The Kier molecular flexibility index (Phi) is 2.77. The van der Waals surface area contributed by atoms with Gasteiger partial charge in [-0.25, -0.2) is 13.6 Å². The molecular formula is C9H15N3O3S. The molecule has 2 rings (SSSR count). The summed E-state index contributed by atoms with van der Waals surface area (Å²) in [5.41, 5.74) is 0.494. The monoisotopic (exact) mass is 245 g/mol. The van der Waals surface area contributed by atoms with Crippen LogP contribution in [0.15, 0.2) is 11.1 Å². The fourth-order valence-electron chi connectivity index (χ4n) is 2.23. The third-order valence-corrected chi connectivity index (χ3v) is 4.08. The maximum absolute atomic E-state index is 11.2. The lowest BCUT2D eigenvalue weighted by Gasteiger charge is -2.16. The molecule has 0 amide bonds. The number of primary sulfonamides is 1. The van der Waals surface area contributed by atoms with E-state index in [9.17, 15) is 13.5 Å². The molecule has 7 heteroatoms. The van der Waals surface area contributed by atoms with Gasteiger partial charge in [-0.2, -0.15) is 5.10 Å². The molecule has 0 aromatic carbocycles. The minimum atomic E-state index is -3.72. The van der Waals surface area contributed by atoms with Crippen LogP contribution in [-0.2, 0) is 10.0 Å². The van der Waals surface area contributed by atoms with Crippen molar-refractivity contribution in [3.05, 3.63) is 11.9 Å². The van der Waals surface area contributed by atoms with E-state index in [1.165, 1.54) is 6.20 Å². The van der Waals surface area contributed by atoms with Crippen molar-refractivity contribution >= 4 is 10.0 Å². The van der Waals surface area contributed by atoms with Gasteiger partial charge in [0.2, 0.25) is 10.0 Å². The van der Waals surface area contributed by atoms with Crippen molar-refractivity contribution in [3.63, 3.8) is 0 Å². The zero-order valence-corrected chi connectivity index (χ0v) is 9.81. The molecule has 1 heterocycles. The number of nitrogens with zero attached hydrogens (tertiary/aromatic N) is 2. The maximum Gasteiger partial charge on any atom is 0.241 e. The van der Waals surface area contributed by atoms with Gasteiger partial charge in [-0.1, -0.05) is 0 Å². The molecular weight excluding hydrogens is 230 g/mol. The molecule has 3 N–H and O–H groups in total. The van der Waals surface area contributed by atoms with Gasteiger partial charge in [0.15, 0.2) is 0 Å². The Balaban J connectivity index is 2.41. The molecule has 0 bridgehead atoms. The molecule has 0 saturated heterocycles. The number of hydrogen-bond donors (Lipinski definition) is 2.